The maximum absolute atomic E-state index is 13.8. The zero-order valence-corrected chi connectivity index (χ0v) is 23.7. The van der Waals surface area contributed by atoms with E-state index >= 15 is 0 Å². The SMILES string of the molecule is CC[C@@H](C(=O)NC1CCCCC1)N(Cc1ccc(C)cc1)C(=O)CN(c1ccc(Cl)cc1C)S(C)(=O)=O. The van der Waals surface area contributed by atoms with Gasteiger partial charge in [0.25, 0.3) is 0 Å². The Morgan fingerprint density at radius 2 is 1.70 bits per heavy atom. The van der Waals surface area contributed by atoms with Crippen molar-refractivity contribution in [1.82, 2.24) is 10.2 Å². The van der Waals surface area contributed by atoms with E-state index in [9.17, 15) is 18.0 Å². The van der Waals surface area contributed by atoms with Gasteiger partial charge in [-0.1, -0.05) is 67.6 Å². The van der Waals surface area contributed by atoms with Gasteiger partial charge in [0, 0.05) is 17.6 Å². The van der Waals surface area contributed by atoms with Crippen LogP contribution in [0.1, 0.15) is 62.1 Å². The highest BCUT2D eigenvalue weighted by Gasteiger charge is 2.33. The molecule has 2 amide bonds. The average molecular weight is 548 g/mol. The van der Waals surface area contributed by atoms with Crippen LogP contribution >= 0.6 is 11.6 Å². The lowest BCUT2D eigenvalue weighted by molar-refractivity contribution is -0.140. The molecule has 0 spiro atoms. The summed E-state index contributed by atoms with van der Waals surface area (Å²) in [6.45, 7) is 5.39. The molecule has 37 heavy (non-hydrogen) atoms. The maximum Gasteiger partial charge on any atom is 0.244 e. The standard InChI is InChI=1S/C28H38ClN3O4S/c1-5-25(28(34)30-24-9-7-6-8-10-24)31(18-22-13-11-20(2)12-14-22)27(33)19-32(37(4,35)36)26-16-15-23(29)17-21(26)3/h11-17,24-25H,5-10,18-19H2,1-4H3,(H,30,34)/t25-/m0/s1. The molecule has 3 rings (SSSR count). The van der Waals surface area contributed by atoms with Crippen LogP contribution in [0, 0.1) is 13.8 Å². The summed E-state index contributed by atoms with van der Waals surface area (Å²) in [5.41, 5.74) is 2.98. The van der Waals surface area contributed by atoms with Crippen LogP contribution in [0.4, 0.5) is 5.69 Å². The summed E-state index contributed by atoms with van der Waals surface area (Å²) in [4.78, 5) is 28.8. The van der Waals surface area contributed by atoms with E-state index in [4.69, 9.17) is 11.6 Å². The van der Waals surface area contributed by atoms with Crippen molar-refractivity contribution in [2.75, 3.05) is 17.1 Å². The number of aryl methyl sites for hydroxylation is 2. The van der Waals surface area contributed by atoms with Gasteiger partial charge in [-0.2, -0.15) is 0 Å². The van der Waals surface area contributed by atoms with E-state index in [1.807, 2.05) is 38.1 Å². The van der Waals surface area contributed by atoms with Crippen LogP contribution in [0.2, 0.25) is 5.02 Å². The van der Waals surface area contributed by atoms with E-state index in [1.54, 1.807) is 25.1 Å². The first-order valence-corrected chi connectivity index (χ1v) is 15.1. The summed E-state index contributed by atoms with van der Waals surface area (Å²) in [7, 11) is -3.79. The van der Waals surface area contributed by atoms with Gasteiger partial charge in [0.1, 0.15) is 12.6 Å². The lowest BCUT2D eigenvalue weighted by Crippen LogP contribution is -2.54. The zero-order chi connectivity index (χ0) is 27.2. The predicted octanol–water partition coefficient (Wildman–Crippen LogP) is 4.98. The van der Waals surface area contributed by atoms with Crippen LogP contribution in [0.5, 0.6) is 0 Å². The molecule has 202 valence electrons. The molecule has 2 aromatic rings. The normalized spacial score (nSPS) is 15.2. The number of anilines is 1. The molecule has 0 aliphatic heterocycles. The molecule has 0 bridgehead atoms. The fraction of sp³-hybridized carbons (Fsp3) is 0.500. The number of halogens is 1. The van der Waals surface area contributed by atoms with Gasteiger partial charge < -0.3 is 10.2 Å². The average Bonchev–Trinajstić information content (AvgIpc) is 2.84. The van der Waals surface area contributed by atoms with E-state index in [1.165, 1.54) is 11.3 Å². The fourth-order valence-electron chi connectivity index (χ4n) is 4.85. The second-order valence-electron chi connectivity index (χ2n) is 9.98. The van der Waals surface area contributed by atoms with Crippen LogP contribution in [0.25, 0.3) is 0 Å². The first-order chi connectivity index (χ1) is 17.5. The minimum absolute atomic E-state index is 0.107. The van der Waals surface area contributed by atoms with Crippen LogP contribution < -0.4 is 9.62 Å². The third-order valence-corrected chi connectivity index (χ3v) is 8.28. The Labute approximate surface area is 226 Å². The molecule has 9 heteroatoms. The first kappa shape index (κ1) is 29.0. The largest absolute Gasteiger partial charge is 0.352 e. The van der Waals surface area contributed by atoms with Gasteiger partial charge in [0.2, 0.25) is 21.8 Å². The Balaban J connectivity index is 1.93. The van der Waals surface area contributed by atoms with E-state index in [0.29, 0.717) is 22.7 Å². The minimum Gasteiger partial charge on any atom is -0.352 e. The molecular formula is C28H38ClN3O4S. The first-order valence-electron chi connectivity index (χ1n) is 12.9. The summed E-state index contributed by atoms with van der Waals surface area (Å²) in [5.74, 6) is -0.630. The molecule has 1 fully saturated rings. The van der Waals surface area contributed by atoms with Gasteiger partial charge in [-0.25, -0.2) is 8.42 Å². The number of hydrogen-bond donors (Lipinski definition) is 1. The summed E-state index contributed by atoms with van der Waals surface area (Å²) in [5, 5.41) is 3.63. The Morgan fingerprint density at radius 1 is 1.05 bits per heavy atom. The molecule has 1 atom stereocenters. The number of carbonyl (C=O) groups is 2. The van der Waals surface area contributed by atoms with Crippen LogP contribution in [-0.4, -0.2) is 50.0 Å². The third-order valence-electron chi connectivity index (χ3n) is 6.92. The van der Waals surface area contributed by atoms with Crippen LogP contribution in [0.15, 0.2) is 42.5 Å². The highest BCUT2D eigenvalue weighted by Crippen LogP contribution is 2.26. The summed E-state index contributed by atoms with van der Waals surface area (Å²) >= 11 is 6.08. The maximum atomic E-state index is 13.8. The van der Waals surface area contributed by atoms with Crippen molar-refractivity contribution in [3.63, 3.8) is 0 Å². The topological polar surface area (TPSA) is 86.8 Å². The number of hydrogen-bond acceptors (Lipinski definition) is 4. The molecule has 1 aliphatic carbocycles. The van der Waals surface area contributed by atoms with Crippen molar-refractivity contribution in [2.45, 2.75) is 77.9 Å². The molecule has 1 saturated carbocycles. The van der Waals surface area contributed by atoms with Crippen LogP contribution in [-0.2, 0) is 26.2 Å². The molecule has 7 nitrogen and oxygen atoms in total. The Morgan fingerprint density at radius 3 is 2.27 bits per heavy atom. The second kappa shape index (κ2) is 12.8. The number of nitrogens with one attached hydrogen (secondary N) is 1. The summed E-state index contributed by atoms with van der Waals surface area (Å²) in [6, 6.07) is 12.0. The van der Waals surface area contributed by atoms with E-state index < -0.39 is 28.5 Å². The molecule has 2 aromatic carbocycles. The Kier molecular flexibility index (Phi) is 10.0. The minimum atomic E-state index is -3.79. The van der Waals surface area contributed by atoms with Crippen molar-refractivity contribution in [3.05, 3.63) is 64.2 Å². The lowest BCUT2D eigenvalue weighted by Gasteiger charge is -2.34. The number of carbonyl (C=O) groups excluding carboxylic acids is 2. The summed E-state index contributed by atoms with van der Waals surface area (Å²) in [6.07, 6.45) is 6.69. The lowest BCUT2D eigenvalue weighted by atomic mass is 9.95. The molecule has 0 radical (unpaired) electrons. The van der Waals surface area contributed by atoms with E-state index in [2.05, 4.69) is 5.32 Å². The molecule has 0 unspecified atom stereocenters. The quantitative estimate of drug-likeness (QED) is 0.454. The Bertz CT molecular complexity index is 1190. The zero-order valence-electron chi connectivity index (χ0n) is 22.2. The van der Waals surface area contributed by atoms with Crippen molar-refractivity contribution < 1.29 is 18.0 Å². The van der Waals surface area contributed by atoms with Crippen molar-refractivity contribution in [1.29, 1.82) is 0 Å². The van der Waals surface area contributed by atoms with Gasteiger partial charge in [-0.05, 0) is 62.4 Å². The van der Waals surface area contributed by atoms with E-state index in [0.717, 1.165) is 47.4 Å². The predicted molar refractivity (Wildman–Crippen MR) is 149 cm³/mol. The van der Waals surface area contributed by atoms with Crippen LogP contribution in [0.3, 0.4) is 0 Å². The number of benzene rings is 2. The summed E-state index contributed by atoms with van der Waals surface area (Å²) < 4.78 is 26.7. The molecule has 0 saturated heterocycles. The van der Waals surface area contributed by atoms with Gasteiger partial charge in [-0.3, -0.25) is 13.9 Å². The molecule has 1 aliphatic rings. The monoisotopic (exact) mass is 547 g/mol. The van der Waals surface area contributed by atoms with Gasteiger partial charge in [0.15, 0.2) is 0 Å². The second-order valence-corrected chi connectivity index (χ2v) is 12.3. The molecule has 0 aromatic heterocycles. The molecular weight excluding hydrogens is 510 g/mol. The van der Waals surface area contributed by atoms with Crippen molar-refractivity contribution in [3.8, 4) is 0 Å². The smallest absolute Gasteiger partial charge is 0.244 e. The van der Waals surface area contributed by atoms with Gasteiger partial charge in [0.05, 0.1) is 11.9 Å². The van der Waals surface area contributed by atoms with Crippen molar-refractivity contribution in [2.24, 2.45) is 0 Å². The number of rotatable bonds is 10. The third kappa shape index (κ3) is 7.95. The van der Waals surface area contributed by atoms with Gasteiger partial charge in [-0.15, -0.1) is 0 Å². The Hall–Kier alpha value is -2.58. The molecule has 1 N–H and O–H groups in total. The van der Waals surface area contributed by atoms with Crippen molar-refractivity contribution >= 4 is 39.1 Å². The highest BCUT2D eigenvalue weighted by molar-refractivity contribution is 7.92. The number of sulfonamides is 1. The fourth-order valence-corrected chi connectivity index (χ4v) is 5.98. The van der Waals surface area contributed by atoms with Gasteiger partial charge >= 0.3 is 0 Å². The number of amides is 2. The highest BCUT2D eigenvalue weighted by atomic mass is 35.5. The van der Waals surface area contributed by atoms with E-state index in [-0.39, 0.29) is 18.5 Å². The molecule has 0 heterocycles. The number of nitrogens with zero attached hydrogens (tertiary/aromatic N) is 2.